The van der Waals surface area contributed by atoms with Crippen molar-refractivity contribution < 1.29 is 31.5 Å². The van der Waals surface area contributed by atoms with Crippen molar-refractivity contribution in [2.24, 2.45) is 7.05 Å². The zero-order valence-electron chi connectivity index (χ0n) is 14.5. The summed E-state index contributed by atoms with van der Waals surface area (Å²) in [5, 5.41) is 12.5. The highest BCUT2D eigenvalue weighted by Crippen LogP contribution is 2.40. The largest absolute Gasteiger partial charge is 0.424 e. The smallest absolute Gasteiger partial charge is 0.374 e. The van der Waals surface area contributed by atoms with Gasteiger partial charge in [-0.15, -0.1) is 0 Å². The highest BCUT2D eigenvalue weighted by molar-refractivity contribution is 7.90. The summed E-state index contributed by atoms with van der Waals surface area (Å²) < 4.78 is 64.0. The summed E-state index contributed by atoms with van der Waals surface area (Å²) in [6, 6.07) is 4.95. The molecule has 1 aromatic carbocycles. The van der Waals surface area contributed by atoms with Gasteiger partial charge in [-0.05, 0) is 24.3 Å². The zero-order chi connectivity index (χ0) is 20.5. The van der Waals surface area contributed by atoms with Gasteiger partial charge in [0.05, 0.1) is 4.90 Å². The zero-order valence-corrected chi connectivity index (χ0v) is 15.3. The monoisotopic (exact) mass is 405 g/mol. The van der Waals surface area contributed by atoms with Crippen LogP contribution < -0.4 is 5.32 Å². The second kappa shape index (κ2) is 7.31. The molecule has 0 fully saturated rings. The molecule has 2 rings (SSSR count). The lowest BCUT2D eigenvalue weighted by Gasteiger charge is -2.29. The molecule has 1 aromatic heterocycles. The fourth-order valence-corrected chi connectivity index (χ4v) is 3.09. The van der Waals surface area contributed by atoms with Crippen molar-refractivity contribution in [3.05, 3.63) is 48.0 Å². The van der Waals surface area contributed by atoms with Crippen molar-refractivity contribution in [3.63, 3.8) is 0 Å². The molecule has 0 saturated heterocycles. The summed E-state index contributed by atoms with van der Waals surface area (Å²) in [5.74, 6) is -1.28. The number of amides is 1. The van der Waals surface area contributed by atoms with Crippen molar-refractivity contribution in [3.8, 4) is 0 Å². The Kier molecular flexibility index (Phi) is 5.66. The van der Waals surface area contributed by atoms with Gasteiger partial charge >= 0.3 is 6.18 Å². The van der Waals surface area contributed by atoms with Crippen LogP contribution in [0.3, 0.4) is 0 Å². The van der Waals surface area contributed by atoms with Gasteiger partial charge in [0.15, 0.2) is 9.84 Å². The van der Waals surface area contributed by atoms with Crippen LogP contribution in [-0.2, 0) is 22.5 Å². The van der Waals surface area contributed by atoms with Gasteiger partial charge in [-0.2, -0.15) is 13.2 Å². The number of nitrogens with zero attached hydrogens (tertiary/aromatic N) is 2. The van der Waals surface area contributed by atoms with E-state index in [9.17, 15) is 31.5 Å². The maximum atomic E-state index is 13.4. The van der Waals surface area contributed by atoms with E-state index in [2.05, 4.69) is 10.3 Å². The highest BCUT2D eigenvalue weighted by atomic mass is 32.2. The summed E-state index contributed by atoms with van der Waals surface area (Å²) in [6.45, 7) is -0.477. The number of carbonyl (C=O) groups is 1. The molecular formula is C16H18F3N3O4S. The first-order valence-electron chi connectivity index (χ1n) is 7.71. The lowest BCUT2D eigenvalue weighted by atomic mass is 9.97. The third-order valence-electron chi connectivity index (χ3n) is 3.98. The van der Waals surface area contributed by atoms with E-state index >= 15 is 0 Å². The molecule has 2 N–H and O–H groups in total. The van der Waals surface area contributed by atoms with Gasteiger partial charge < -0.3 is 15.0 Å². The molecule has 0 aliphatic carbocycles. The predicted molar refractivity (Wildman–Crippen MR) is 89.7 cm³/mol. The molecule has 0 aliphatic rings. The van der Waals surface area contributed by atoms with Gasteiger partial charge in [-0.3, -0.25) is 4.79 Å². The molecule has 148 valence electrons. The maximum absolute atomic E-state index is 13.4. The predicted octanol–water partition coefficient (Wildman–Crippen LogP) is 1.39. The van der Waals surface area contributed by atoms with Crippen molar-refractivity contribution in [1.82, 2.24) is 14.9 Å². The van der Waals surface area contributed by atoms with Crippen LogP contribution in [0.5, 0.6) is 0 Å². The van der Waals surface area contributed by atoms with Crippen molar-refractivity contribution in [2.75, 3.05) is 12.8 Å². The second-order valence-corrected chi connectivity index (χ2v) is 8.04. The molecule has 0 saturated carbocycles. The van der Waals surface area contributed by atoms with E-state index in [0.717, 1.165) is 17.0 Å². The van der Waals surface area contributed by atoms with E-state index < -0.39 is 46.3 Å². The Balaban J connectivity index is 2.09. The Morgan fingerprint density at radius 3 is 2.30 bits per heavy atom. The molecule has 11 heteroatoms. The number of hydrogen-bond donors (Lipinski definition) is 2. The Morgan fingerprint density at radius 1 is 1.26 bits per heavy atom. The third kappa shape index (κ3) is 4.48. The van der Waals surface area contributed by atoms with Crippen molar-refractivity contribution in [1.29, 1.82) is 0 Å². The van der Waals surface area contributed by atoms with Crippen LogP contribution in [0.2, 0.25) is 0 Å². The Labute approximate surface area is 153 Å². The van der Waals surface area contributed by atoms with E-state index in [1.165, 1.54) is 37.5 Å². The quantitative estimate of drug-likeness (QED) is 0.757. The van der Waals surface area contributed by atoms with Gasteiger partial charge in [0.2, 0.25) is 5.60 Å². The van der Waals surface area contributed by atoms with E-state index in [1.54, 1.807) is 0 Å². The molecule has 1 heterocycles. The summed E-state index contributed by atoms with van der Waals surface area (Å²) in [7, 11) is -2.11. The number of aromatic nitrogens is 2. The minimum Gasteiger partial charge on any atom is -0.374 e. The average molecular weight is 405 g/mol. The first kappa shape index (κ1) is 20.9. The van der Waals surface area contributed by atoms with E-state index in [0.29, 0.717) is 0 Å². The molecule has 0 spiro atoms. The van der Waals surface area contributed by atoms with Crippen LogP contribution in [0.25, 0.3) is 0 Å². The number of benzene rings is 1. The standard InChI is InChI=1S/C16H18F3N3O4S/c1-22-10-9-21-14(22)15(24,16(17,18)19)7-8-20-13(23)11-3-5-12(6-4-11)27(2,25)26/h3-6,9-10,24H,7-8H2,1-2H3,(H,20,23). The molecule has 27 heavy (non-hydrogen) atoms. The van der Waals surface area contributed by atoms with Gasteiger partial charge in [-0.25, -0.2) is 13.4 Å². The number of halogens is 3. The van der Waals surface area contributed by atoms with Crippen LogP contribution >= 0.6 is 0 Å². The van der Waals surface area contributed by atoms with Crippen LogP contribution in [0.15, 0.2) is 41.6 Å². The number of sulfone groups is 1. The minimum absolute atomic E-state index is 0.0141. The van der Waals surface area contributed by atoms with Gasteiger partial charge in [0.1, 0.15) is 5.82 Å². The van der Waals surface area contributed by atoms with Gasteiger partial charge in [-0.1, -0.05) is 0 Å². The number of carbonyl (C=O) groups excluding carboxylic acids is 1. The lowest BCUT2D eigenvalue weighted by Crippen LogP contribution is -2.46. The van der Waals surface area contributed by atoms with E-state index in [1.807, 2.05) is 0 Å². The molecule has 7 nitrogen and oxygen atoms in total. The first-order valence-corrected chi connectivity index (χ1v) is 9.60. The normalized spacial score (nSPS) is 14.6. The maximum Gasteiger partial charge on any atom is 0.424 e. The van der Waals surface area contributed by atoms with E-state index in [4.69, 9.17) is 0 Å². The number of nitrogens with one attached hydrogen (secondary N) is 1. The molecule has 0 radical (unpaired) electrons. The number of aryl methyl sites for hydroxylation is 1. The summed E-state index contributed by atoms with van der Waals surface area (Å²) in [4.78, 5) is 15.6. The van der Waals surface area contributed by atoms with Gasteiger partial charge in [0, 0.05) is 44.2 Å². The number of alkyl halides is 3. The van der Waals surface area contributed by atoms with Crippen molar-refractivity contribution >= 4 is 15.7 Å². The number of hydrogen-bond acceptors (Lipinski definition) is 5. The van der Waals surface area contributed by atoms with Crippen LogP contribution in [-0.4, -0.2) is 48.0 Å². The summed E-state index contributed by atoms with van der Waals surface area (Å²) >= 11 is 0. The fraction of sp³-hybridized carbons (Fsp3) is 0.375. The number of rotatable bonds is 6. The summed E-state index contributed by atoms with van der Waals surface area (Å²) in [6.07, 6.45) is -2.41. The molecule has 1 atom stereocenters. The molecule has 0 aliphatic heterocycles. The SMILES string of the molecule is Cn1ccnc1C(O)(CCNC(=O)c1ccc(S(C)(=O)=O)cc1)C(F)(F)F. The van der Waals surface area contributed by atoms with Crippen LogP contribution in [0.1, 0.15) is 22.6 Å². The van der Waals surface area contributed by atoms with Crippen LogP contribution in [0, 0.1) is 0 Å². The Morgan fingerprint density at radius 2 is 1.85 bits per heavy atom. The topological polar surface area (TPSA) is 101 Å². The van der Waals surface area contributed by atoms with E-state index in [-0.39, 0.29) is 10.5 Å². The Bertz CT molecular complexity index is 923. The first-order chi connectivity index (χ1) is 12.4. The van der Waals surface area contributed by atoms with Crippen molar-refractivity contribution in [2.45, 2.75) is 23.1 Å². The Hall–Kier alpha value is -2.40. The lowest BCUT2D eigenvalue weighted by molar-refractivity contribution is -0.272. The highest BCUT2D eigenvalue weighted by Gasteiger charge is 2.57. The molecular weight excluding hydrogens is 387 g/mol. The summed E-state index contributed by atoms with van der Waals surface area (Å²) in [5.41, 5.74) is -3.14. The average Bonchev–Trinajstić information content (AvgIpc) is 2.99. The molecule has 1 unspecified atom stereocenters. The number of aliphatic hydroxyl groups is 1. The number of imidazole rings is 1. The molecule has 1 amide bonds. The molecule has 2 aromatic rings. The molecule has 0 bridgehead atoms. The minimum atomic E-state index is -4.99. The second-order valence-electron chi connectivity index (χ2n) is 6.02. The third-order valence-corrected chi connectivity index (χ3v) is 5.11. The fourth-order valence-electron chi connectivity index (χ4n) is 2.46. The van der Waals surface area contributed by atoms with Crippen LogP contribution in [0.4, 0.5) is 13.2 Å². The van der Waals surface area contributed by atoms with Gasteiger partial charge in [0.25, 0.3) is 5.91 Å².